The van der Waals surface area contributed by atoms with E-state index in [9.17, 15) is 24.0 Å². The highest BCUT2D eigenvalue weighted by Gasteiger charge is 2.46. The van der Waals surface area contributed by atoms with Crippen molar-refractivity contribution in [1.29, 1.82) is 0 Å². The Morgan fingerprint density at radius 3 is 2.51 bits per heavy atom. The molecule has 0 saturated carbocycles. The molecule has 3 aliphatic rings. The SMILES string of the molecule is CC(C)c1cnn2c(NCc3ccc(NC(=O)COCCOc4cccc5c4C(=O)N(C4CCC(=O)NC4=O)C5=O)cc3)nc(OC3CCN(C)CC3)nc12. The lowest BCUT2D eigenvalue weighted by Gasteiger charge is -2.28. The Bertz CT molecular complexity index is 2110. The highest BCUT2D eigenvalue weighted by Crippen LogP contribution is 2.33. The number of amides is 5. The molecule has 0 bridgehead atoms. The largest absolute Gasteiger partial charge is 0.490 e. The van der Waals surface area contributed by atoms with E-state index in [1.54, 1.807) is 28.8 Å². The smallest absolute Gasteiger partial charge is 0.322 e. The molecule has 0 spiro atoms. The lowest BCUT2D eigenvalue weighted by molar-refractivity contribution is -0.136. The molecule has 55 heavy (non-hydrogen) atoms. The van der Waals surface area contributed by atoms with E-state index in [-0.39, 0.29) is 67.5 Å². The average molecular weight is 754 g/mol. The number of benzene rings is 2. The first-order valence-corrected chi connectivity index (χ1v) is 18.3. The number of carbonyl (C=O) groups excluding carboxylic acids is 5. The van der Waals surface area contributed by atoms with Gasteiger partial charge in [0.05, 0.1) is 23.9 Å². The molecule has 7 rings (SSSR count). The maximum Gasteiger partial charge on any atom is 0.322 e. The first kappa shape index (κ1) is 37.4. The average Bonchev–Trinajstić information content (AvgIpc) is 3.71. The molecule has 5 heterocycles. The van der Waals surface area contributed by atoms with Crippen LogP contribution in [0.25, 0.3) is 5.65 Å². The van der Waals surface area contributed by atoms with Crippen LogP contribution in [0.15, 0.2) is 48.7 Å². The molecule has 5 amide bonds. The fourth-order valence-corrected chi connectivity index (χ4v) is 6.77. The fourth-order valence-electron chi connectivity index (χ4n) is 6.77. The van der Waals surface area contributed by atoms with Gasteiger partial charge in [-0.05, 0) is 62.1 Å². The van der Waals surface area contributed by atoms with E-state index < -0.39 is 29.7 Å². The summed E-state index contributed by atoms with van der Waals surface area (Å²) in [6.45, 7) is 6.33. The van der Waals surface area contributed by atoms with Gasteiger partial charge in [0, 0.05) is 37.3 Å². The normalized spacial score (nSPS) is 17.8. The molecular formula is C38H43N9O8. The van der Waals surface area contributed by atoms with Crippen LogP contribution < -0.4 is 25.4 Å². The third-order valence-electron chi connectivity index (χ3n) is 9.77. The zero-order chi connectivity index (χ0) is 38.6. The second kappa shape index (κ2) is 16.2. The predicted octanol–water partition coefficient (Wildman–Crippen LogP) is 2.77. The Labute approximate surface area is 316 Å². The van der Waals surface area contributed by atoms with Gasteiger partial charge in [0.15, 0.2) is 5.65 Å². The van der Waals surface area contributed by atoms with Gasteiger partial charge < -0.3 is 29.7 Å². The maximum atomic E-state index is 13.2. The van der Waals surface area contributed by atoms with Gasteiger partial charge in [0.25, 0.3) is 11.8 Å². The second-order valence-corrected chi connectivity index (χ2v) is 14.1. The molecule has 2 aromatic heterocycles. The van der Waals surface area contributed by atoms with Crippen molar-refractivity contribution in [1.82, 2.24) is 34.7 Å². The summed E-state index contributed by atoms with van der Waals surface area (Å²) in [4.78, 5) is 75.4. The Morgan fingerprint density at radius 2 is 1.76 bits per heavy atom. The number of carbonyl (C=O) groups is 5. The number of anilines is 2. The van der Waals surface area contributed by atoms with Crippen LogP contribution in [0, 0.1) is 0 Å². The fraction of sp³-hybridized carbons (Fsp3) is 0.421. The third kappa shape index (κ3) is 8.27. The van der Waals surface area contributed by atoms with Gasteiger partial charge in [-0.1, -0.05) is 32.0 Å². The Kier molecular flexibility index (Phi) is 11.0. The van der Waals surface area contributed by atoms with Gasteiger partial charge >= 0.3 is 6.01 Å². The van der Waals surface area contributed by atoms with E-state index in [0.717, 1.165) is 42.0 Å². The molecule has 4 aromatic rings. The van der Waals surface area contributed by atoms with E-state index in [2.05, 4.69) is 51.8 Å². The minimum absolute atomic E-state index is 0.00688. The number of likely N-dealkylation sites (tertiary alicyclic amines) is 1. The molecule has 1 unspecified atom stereocenters. The van der Waals surface area contributed by atoms with Crippen LogP contribution in [0.4, 0.5) is 11.6 Å². The van der Waals surface area contributed by atoms with Crippen LogP contribution in [0.1, 0.15) is 77.3 Å². The van der Waals surface area contributed by atoms with E-state index in [1.807, 2.05) is 18.3 Å². The minimum Gasteiger partial charge on any atom is -0.490 e. The maximum absolute atomic E-state index is 13.2. The number of nitrogens with one attached hydrogen (secondary N) is 3. The molecule has 2 aromatic carbocycles. The monoisotopic (exact) mass is 753 g/mol. The summed E-state index contributed by atoms with van der Waals surface area (Å²) in [7, 11) is 2.11. The van der Waals surface area contributed by atoms with Gasteiger partial charge in [0.1, 0.15) is 31.1 Å². The van der Waals surface area contributed by atoms with Gasteiger partial charge in [0.2, 0.25) is 23.7 Å². The Balaban J connectivity index is 0.883. The molecule has 3 aliphatic heterocycles. The summed E-state index contributed by atoms with van der Waals surface area (Å²) >= 11 is 0. The summed E-state index contributed by atoms with van der Waals surface area (Å²) in [6, 6.07) is 11.2. The van der Waals surface area contributed by atoms with Crippen molar-refractivity contribution in [3.05, 3.63) is 70.9 Å². The standard InChI is InChI=1S/C38H43N9O8/c1-22(2)27-20-40-47-33(27)43-38(55-25-13-15-45(3)16-14-25)44-37(47)39-19-23-7-9-24(10-8-23)41-31(49)21-53-17-18-54-29-6-4-5-26-32(29)36(52)46(35(26)51)28-11-12-30(48)42-34(28)50/h4-10,20,22,25,28H,11-19,21H2,1-3H3,(H,41,49)(H,39,43,44)(H,42,48,50). The Hall–Kier alpha value is -5.94. The number of piperidine rings is 2. The molecule has 0 radical (unpaired) electrons. The molecule has 0 aliphatic carbocycles. The van der Waals surface area contributed by atoms with Gasteiger partial charge in [-0.2, -0.15) is 19.6 Å². The summed E-state index contributed by atoms with van der Waals surface area (Å²) in [5.74, 6) is -1.90. The number of aromatic nitrogens is 4. The van der Waals surface area contributed by atoms with Crippen LogP contribution in [-0.4, -0.2) is 111 Å². The molecule has 2 saturated heterocycles. The molecule has 17 nitrogen and oxygen atoms in total. The highest BCUT2D eigenvalue weighted by atomic mass is 16.5. The van der Waals surface area contributed by atoms with Gasteiger partial charge in [-0.15, -0.1) is 0 Å². The zero-order valence-electron chi connectivity index (χ0n) is 30.9. The molecule has 2 fully saturated rings. The van der Waals surface area contributed by atoms with Gasteiger partial charge in [-0.3, -0.25) is 34.2 Å². The molecule has 3 N–H and O–H groups in total. The van der Waals surface area contributed by atoms with Gasteiger partial charge in [-0.25, -0.2) is 0 Å². The number of nitrogens with zero attached hydrogens (tertiary/aromatic N) is 6. The van der Waals surface area contributed by atoms with Crippen LogP contribution in [-0.2, 0) is 25.7 Å². The van der Waals surface area contributed by atoms with Crippen LogP contribution in [0.5, 0.6) is 11.8 Å². The molecule has 17 heteroatoms. The van der Waals surface area contributed by atoms with Crippen molar-refractivity contribution in [2.24, 2.45) is 0 Å². The van der Waals surface area contributed by atoms with Crippen molar-refractivity contribution in [2.75, 3.05) is 50.6 Å². The molecule has 1 atom stereocenters. The topological polar surface area (TPSA) is 199 Å². The number of hydrogen-bond donors (Lipinski definition) is 3. The third-order valence-corrected chi connectivity index (χ3v) is 9.77. The summed E-state index contributed by atoms with van der Waals surface area (Å²) < 4.78 is 19.2. The van der Waals surface area contributed by atoms with Crippen molar-refractivity contribution in [3.8, 4) is 11.8 Å². The number of ether oxygens (including phenoxy) is 3. The van der Waals surface area contributed by atoms with Crippen LogP contribution >= 0.6 is 0 Å². The van der Waals surface area contributed by atoms with Crippen molar-refractivity contribution in [3.63, 3.8) is 0 Å². The zero-order valence-corrected chi connectivity index (χ0v) is 30.9. The van der Waals surface area contributed by atoms with E-state index in [0.29, 0.717) is 29.8 Å². The summed E-state index contributed by atoms with van der Waals surface area (Å²) in [6.07, 6.45) is 3.76. The van der Waals surface area contributed by atoms with E-state index >= 15 is 0 Å². The quantitative estimate of drug-likeness (QED) is 0.126. The van der Waals surface area contributed by atoms with Crippen molar-refractivity contribution >= 4 is 46.8 Å². The predicted molar refractivity (Wildman–Crippen MR) is 198 cm³/mol. The number of imide groups is 2. The van der Waals surface area contributed by atoms with Crippen LogP contribution in [0.2, 0.25) is 0 Å². The first-order chi connectivity index (χ1) is 26.5. The number of hydrogen-bond acceptors (Lipinski definition) is 13. The molecular weight excluding hydrogens is 710 g/mol. The molecule has 288 valence electrons. The lowest BCUT2D eigenvalue weighted by Crippen LogP contribution is -2.54. The van der Waals surface area contributed by atoms with Crippen molar-refractivity contribution in [2.45, 2.75) is 64.1 Å². The Morgan fingerprint density at radius 1 is 0.982 bits per heavy atom. The minimum atomic E-state index is -1.08. The first-order valence-electron chi connectivity index (χ1n) is 18.3. The summed E-state index contributed by atoms with van der Waals surface area (Å²) in [5.41, 5.74) is 3.40. The highest BCUT2D eigenvalue weighted by molar-refractivity contribution is 6.24. The second-order valence-electron chi connectivity index (χ2n) is 14.1. The van der Waals surface area contributed by atoms with E-state index in [4.69, 9.17) is 19.2 Å². The lowest BCUT2D eigenvalue weighted by atomic mass is 10.0. The number of rotatable bonds is 14. The van der Waals surface area contributed by atoms with Crippen LogP contribution in [0.3, 0.4) is 0 Å². The summed E-state index contributed by atoms with van der Waals surface area (Å²) in [5, 5.41) is 12.9. The van der Waals surface area contributed by atoms with E-state index in [1.165, 1.54) is 6.07 Å². The number of fused-ring (bicyclic) bond motifs is 2. The van der Waals surface area contributed by atoms with Crippen molar-refractivity contribution < 1.29 is 38.2 Å².